The molecule has 2 nitrogen and oxygen atoms in total. The van der Waals surface area contributed by atoms with Crippen LogP contribution in [0.15, 0.2) is 72.8 Å². The molecular weight excluding hydrogens is 294 g/mol. The average molecular weight is 311 g/mol. The van der Waals surface area contributed by atoms with Crippen molar-refractivity contribution in [3.63, 3.8) is 0 Å². The number of nitrogens with zero attached hydrogens (tertiary/aromatic N) is 1. The molecule has 0 amide bonds. The summed E-state index contributed by atoms with van der Waals surface area (Å²) in [6, 6.07) is 24.0. The van der Waals surface area contributed by atoms with E-state index in [2.05, 4.69) is 12.1 Å². The van der Waals surface area contributed by atoms with E-state index in [4.69, 9.17) is 4.98 Å². The summed E-state index contributed by atoms with van der Waals surface area (Å²) in [5.74, 6) is 0.0999. The number of aromatic nitrogens is 1. The fourth-order valence-electron chi connectivity index (χ4n) is 3.10. The van der Waals surface area contributed by atoms with Crippen molar-refractivity contribution < 1.29 is 4.79 Å². The second kappa shape index (κ2) is 5.89. The number of benzene rings is 3. The molecule has 0 radical (unpaired) electrons. The predicted molar refractivity (Wildman–Crippen MR) is 98.5 cm³/mol. The Labute approximate surface area is 140 Å². The summed E-state index contributed by atoms with van der Waals surface area (Å²) in [6.45, 7) is 2.02. The first-order valence-corrected chi connectivity index (χ1v) is 8.08. The highest BCUT2D eigenvalue weighted by atomic mass is 16.1. The molecule has 0 spiro atoms. The summed E-state index contributed by atoms with van der Waals surface area (Å²) in [7, 11) is 0. The molecule has 0 unspecified atom stereocenters. The first-order chi connectivity index (χ1) is 11.7. The number of rotatable bonds is 3. The van der Waals surface area contributed by atoms with Crippen LogP contribution in [0.1, 0.15) is 21.6 Å². The van der Waals surface area contributed by atoms with Crippen LogP contribution in [0, 0.1) is 6.92 Å². The van der Waals surface area contributed by atoms with Gasteiger partial charge in [0.05, 0.1) is 17.6 Å². The van der Waals surface area contributed by atoms with Gasteiger partial charge < -0.3 is 0 Å². The molecular formula is C22H17NO. The quantitative estimate of drug-likeness (QED) is 0.388. The van der Waals surface area contributed by atoms with E-state index in [9.17, 15) is 4.79 Å². The first kappa shape index (κ1) is 14.6. The van der Waals surface area contributed by atoms with Crippen LogP contribution in [0.4, 0.5) is 0 Å². The van der Waals surface area contributed by atoms with E-state index in [0.717, 1.165) is 38.5 Å². The number of hydrogen-bond donors (Lipinski definition) is 0. The van der Waals surface area contributed by atoms with Crippen molar-refractivity contribution in [3.8, 4) is 0 Å². The third-order valence-electron chi connectivity index (χ3n) is 4.39. The molecule has 1 heterocycles. The molecule has 3 aromatic carbocycles. The molecule has 0 aliphatic rings. The Kier molecular flexibility index (Phi) is 3.58. The van der Waals surface area contributed by atoms with E-state index in [1.165, 1.54) is 0 Å². The SMILES string of the molecule is Cc1ccc(C(=O)Cc2nc3ccccc3c3ccccc23)cc1. The van der Waals surface area contributed by atoms with Gasteiger partial charge in [-0.05, 0) is 18.4 Å². The lowest BCUT2D eigenvalue weighted by Gasteiger charge is -2.09. The van der Waals surface area contributed by atoms with Gasteiger partial charge in [-0.2, -0.15) is 0 Å². The zero-order chi connectivity index (χ0) is 16.5. The van der Waals surface area contributed by atoms with E-state index >= 15 is 0 Å². The van der Waals surface area contributed by atoms with Crippen molar-refractivity contribution in [3.05, 3.63) is 89.6 Å². The van der Waals surface area contributed by atoms with E-state index < -0.39 is 0 Å². The first-order valence-electron chi connectivity index (χ1n) is 8.08. The molecule has 1 aromatic heterocycles. The second-order valence-electron chi connectivity index (χ2n) is 6.09. The van der Waals surface area contributed by atoms with Crippen molar-refractivity contribution in [2.75, 3.05) is 0 Å². The van der Waals surface area contributed by atoms with Crippen LogP contribution in [-0.4, -0.2) is 10.8 Å². The molecule has 4 aromatic rings. The number of hydrogen-bond acceptors (Lipinski definition) is 2. The standard InChI is InChI=1S/C22H17NO/c1-15-10-12-16(13-11-15)22(24)14-21-19-8-3-2-6-17(19)18-7-4-5-9-20(18)23-21/h2-13H,14H2,1H3. The normalized spacial score (nSPS) is 11.0. The lowest BCUT2D eigenvalue weighted by atomic mass is 9.99. The minimum atomic E-state index is 0.0999. The topological polar surface area (TPSA) is 30.0 Å². The highest BCUT2D eigenvalue weighted by Crippen LogP contribution is 2.27. The molecule has 0 aliphatic carbocycles. The third kappa shape index (κ3) is 2.56. The fraction of sp³-hybridized carbons (Fsp3) is 0.0909. The summed E-state index contributed by atoms with van der Waals surface area (Å²) < 4.78 is 0. The van der Waals surface area contributed by atoms with Crippen LogP contribution in [0.5, 0.6) is 0 Å². The Morgan fingerprint density at radius 3 is 2.17 bits per heavy atom. The van der Waals surface area contributed by atoms with Crippen molar-refractivity contribution in [2.24, 2.45) is 0 Å². The molecule has 24 heavy (non-hydrogen) atoms. The van der Waals surface area contributed by atoms with Crippen LogP contribution in [0.2, 0.25) is 0 Å². The predicted octanol–water partition coefficient (Wildman–Crippen LogP) is 5.12. The minimum absolute atomic E-state index is 0.0999. The number of Topliss-reactive ketones (excluding diaryl/α,β-unsaturated/α-hetero) is 1. The second-order valence-corrected chi connectivity index (χ2v) is 6.09. The van der Waals surface area contributed by atoms with Crippen LogP contribution in [-0.2, 0) is 6.42 Å². The number of carbonyl (C=O) groups excluding carboxylic acids is 1. The Morgan fingerprint density at radius 2 is 1.42 bits per heavy atom. The summed E-state index contributed by atoms with van der Waals surface area (Å²) >= 11 is 0. The zero-order valence-corrected chi connectivity index (χ0v) is 13.5. The number of pyridine rings is 1. The Bertz CT molecular complexity index is 1050. The van der Waals surface area contributed by atoms with Crippen LogP contribution < -0.4 is 0 Å². The number of para-hydroxylation sites is 1. The fourth-order valence-corrected chi connectivity index (χ4v) is 3.10. The maximum absolute atomic E-state index is 12.7. The molecule has 0 fully saturated rings. The van der Waals surface area contributed by atoms with Gasteiger partial charge in [-0.15, -0.1) is 0 Å². The number of ketones is 1. The molecule has 116 valence electrons. The summed E-state index contributed by atoms with van der Waals surface area (Å²) in [4.78, 5) is 17.4. The molecule has 4 rings (SSSR count). The summed E-state index contributed by atoms with van der Waals surface area (Å²) in [5.41, 5.74) is 3.67. The van der Waals surface area contributed by atoms with Gasteiger partial charge in [0, 0.05) is 16.3 Å². The zero-order valence-electron chi connectivity index (χ0n) is 13.5. The lowest BCUT2D eigenvalue weighted by Crippen LogP contribution is -2.06. The van der Waals surface area contributed by atoms with Crippen molar-refractivity contribution in [1.29, 1.82) is 0 Å². The van der Waals surface area contributed by atoms with Crippen molar-refractivity contribution >= 4 is 27.5 Å². The number of aryl methyl sites for hydroxylation is 1. The molecule has 0 N–H and O–H groups in total. The van der Waals surface area contributed by atoms with Gasteiger partial charge in [-0.25, -0.2) is 0 Å². The van der Waals surface area contributed by atoms with Gasteiger partial charge in [0.25, 0.3) is 0 Å². The molecule has 0 bridgehead atoms. The van der Waals surface area contributed by atoms with E-state index in [0.29, 0.717) is 6.42 Å². The Balaban J connectivity index is 1.83. The average Bonchev–Trinajstić information content (AvgIpc) is 2.62. The smallest absolute Gasteiger partial charge is 0.168 e. The Hall–Kier alpha value is -3.00. The van der Waals surface area contributed by atoms with Crippen LogP contribution in [0.25, 0.3) is 21.7 Å². The third-order valence-corrected chi connectivity index (χ3v) is 4.39. The van der Waals surface area contributed by atoms with Gasteiger partial charge in [-0.1, -0.05) is 72.3 Å². The Morgan fingerprint density at radius 1 is 0.792 bits per heavy atom. The maximum Gasteiger partial charge on any atom is 0.168 e. The molecule has 2 heteroatoms. The van der Waals surface area contributed by atoms with E-state index in [1.807, 2.05) is 67.6 Å². The summed E-state index contributed by atoms with van der Waals surface area (Å²) in [5, 5.41) is 3.33. The van der Waals surface area contributed by atoms with E-state index in [1.54, 1.807) is 0 Å². The van der Waals surface area contributed by atoms with Gasteiger partial charge in [0.1, 0.15) is 0 Å². The van der Waals surface area contributed by atoms with Crippen molar-refractivity contribution in [2.45, 2.75) is 13.3 Å². The van der Waals surface area contributed by atoms with Gasteiger partial charge in [-0.3, -0.25) is 9.78 Å². The van der Waals surface area contributed by atoms with Gasteiger partial charge in [0.2, 0.25) is 0 Å². The van der Waals surface area contributed by atoms with Gasteiger partial charge in [0.15, 0.2) is 5.78 Å². The number of fused-ring (bicyclic) bond motifs is 3. The van der Waals surface area contributed by atoms with Crippen LogP contribution in [0.3, 0.4) is 0 Å². The molecule has 0 saturated heterocycles. The summed E-state index contributed by atoms with van der Waals surface area (Å²) in [6.07, 6.45) is 0.314. The minimum Gasteiger partial charge on any atom is -0.294 e. The largest absolute Gasteiger partial charge is 0.294 e. The maximum atomic E-state index is 12.7. The molecule has 0 saturated carbocycles. The highest BCUT2D eigenvalue weighted by Gasteiger charge is 2.13. The lowest BCUT2D eigenvalue weighted by molar-refractivity contribution is 0.0992. The monoisotopic (exact) mass is 311 g/mol. The molecule has 0 atom stereocenters. The van der Waals surface area contributed by atoms with E-state index in [-0.39, 0.29) is 5.78 Å². The highest BCUT2D eigenvalue weighted by molar-refractivity contribution is 6.08. The molecule has 0 aliphatic heterocycles. The van der Waals surface area contributed by atoms with Crippen LogP contribution >= 0.6 is 0 Å². The van der Waals surface area contributed by atoms with Crippen molar-refractivity contribution in [1.82, 2.24) is 4.98 Å². The number of carbonyl (C=O) groups is 1. The van der Waals surface area contributed by atoms with Gasteiger partial charge >= 0.3 is 0 Å².